The van der Waals surface area contributed by atoms with Crippen molar-refractivity contribution in [2.45, 2.75) is 102 Å². The van der Waals surface area contributed by atoms with Gasteiger partial charge in [0, 0.05) is 75.9 Å². The summed E-state index contributed by atoms with van der Waals surface area (Å²) in [4.78, 5) is 57.1. The van der Waals surface area contributed by atoms with Crippen molar-refractivity contribution in [3.63, 3.8) is 0 Å². The molecule has 16 heteroatoms. The van der Waals surface area contributed by atoms with Gasteiger partial charge in [-0.25, -0.2) is 19.7 Å². The van der Waals surface area contributed by atoms with Crippen molar-refractivity contribution in [3.8, 4) is 17.3 Å². The van der Waals surface area contributed by atoms with E-state index in [-0.39, 0.29) is 23.6 Å². The minimum Gasteiger partial charge on any atom is -0.472 e. The summed E-state index contributed by atoms with van der Waals surface area (Å²) >= 11 is 0. The van der Waals surface area contributed by atoms with E-state index in [0.717, 1.165) is 96.9 Å². The molecule has 5 aromatic rings. The fourth-order valence-corrected chi connectivity index (χ4v) is 8.65. The highest BCUT2D eigenvalue weighted by molar-refractivity contribution is 6.00. The third kappa shape index (κ3) is 9.13. The Morgan fingerprint density at radius 2 is 1.53 bits per heavy atom. The van der Waals surface area contributed by atoms with E-state index in [9.17, 15) is 14.4 Å². The Balaban J connectivity index is 0.000000167. The smallest absolute Gasteiger partial charge is 0.329 e. The van der Waals surface area contributed by atoms with Gasteiger partial charge in [-0.3, -0.25) is 29.1 Å². The second-order valence-electron chi connectivity index (χ2n) is 17.3. The normalized spacial score (nSPS) is 20.2. The second kappa shape index (κ2) is 17.1. The highest BCUT2D eigenvalue weighted by atomic mass is 16.5. The molecule has 4 aliphatic rings. The Kier molecular flexibility index (Phi) is 11.7. The minimum absolute atomic E-state index is 0.230. The predicted octanol–water partition coefficient (Wildman–Crippen LogP) is 4.98. The number of piperazine rings is 1. The van der Waals surface area contributed by atoms with Crippen LogP contribution in [0.15, 0.2) is 47.7 Å². The van der Waals surface area contributed by atoms with E-state index in [1.807, 2.05) is 51.1 Å². The number of carbonyl (C=O) groups excluding carboxylic acids is 2. The fourth-order valence-electron chi connectivity index (χ4n) is 8.65. The van der Waals surface area contributed by atoms with Gasteiger partial charge in [0.1, 0.15) is 29.5 Å². The number of anilines is 2. The molecule has 4 fully saturated rings. The molecular formula is C43H57N11O5. The van der Waals surface area contributed by atoms with Gasteiger partial charge in [-0.15, -0.1) is 0 Å². The number of imidazole rings is 1. The van der Waals surface area contributed by atoms with Crippen LogP contribution >= 0.6 is 0 Å². The lowest BCUT2D eigenvalue weighted by atomic mass is 9.97. The molecule has 1 unspecified atom stereocenters. The molecule has 1 aliphatic carbocycles. The average Bonchev–Trinajstić information content (AvgIpc) is 3.75. The van der Waals surface area contributed by atoms with E-state index in [1.54, 1.807) is 24.1 Å². The zero-order valence-electron chi connectivity index (χ0n) is 34.9. The van der Waals surface area contributed by atoms with Crippen molar-refractivity contribution < 1.29 is 19.1 Å². The number of piperidine rings is 2. The zero-order valence-corrected chi connectivity index (χ0v) is 34.9. The van der Waals surface area contributed by atoms with Gasteiger partial charge in [-0.1, -0.05) is 19.3 Å². The molecule has 0 spiro atoms. The van der Waals surface area contributed by atoms with E-state index in [4.69, 9.17) is 9.47 Å². The largest absolute Gasteiger partial charge is 0.472 e. The SMILES string of the molecule is CN1CCN(c2cc(-c3n[nH]c4cnc(OC(C)(C)C)cc34)ncn2)CC1.Cn1c(=O)n(C2CCC(=O)NC2=O)c2ccc(N3CCC(OC4CCCCC4)CC3)cc21. The summed E-state index contributed by atoms with van der Waals surface area (Å²) in [6.07, 6.45) is 13.1. The molecule has 1 saturated carbocycles. The van der Waals surface area contributed by atoms with Crippen molar-refractivity contribution in [1.29, 1.82) is 0 Å². The monoisotopic (exact) mass is 807 g/mol. The third-order valence-corrected chi connectivity index (χ3v) is 11.9. The molecule has 4 aromatic heterocycles. The lowest BCUT2D eigenvalue weighted by molar-refractivity contribution is -0.135. The summed E-state index contributed by atoms with van der Waals surface area (Å²) in [5, 5.41) is 10.8. The topological polar surface area (TPSA) is 169 Å². The van der Waals surface area contributed by atoms with Crippen LogP contribution in [0.3, 0.4) is 0 Å². The summed E-state index contributed by atoms with van der Waals surface area (Å²) in [5.41, 5.74) is 4.50. The van der Waals surface area contributed by atoms with Gasteiger partial charge in [0.2, 0.25) is 17.7 Å². The maximum absolute atomic E-state index is 13.0. The molecule has 3 saturated heterocycles. The third-order valence-electron chi connectivity index (χ3n) is 11.9. The van der Waals surface area contributed by atoms with Crippen LogP contribution in [0.2, 0.25) is 0 Å². The van der Waals surface area contributed by atoms with Gasteiger partial charge < -0.3 is 24.2 Å². The number of carbonyl (C=O) groups is 2. The quantitative estimate of drug-likeness (QED) is 0.212. The first-order valence-electron chi connectivity index (χ1n) is 21.1. The van der Waals surface area contributed by atoms with Gasteiger partial charge in [0.25, 0.3) is 0 Å². The number of aromatic amines is 1. The molecule has 9 rings (SSSR count). The van der Waals surface area contributed by atoms with Crippen molar-refractivity contribution >= 4 is 45.3 Å². The maximum atomic E-state index is 13.0. The van der Waals surface area contributed by atoms with Crippen molar-refractivity contribution in [2.75, 3.05) is 56.1 Å². The molecule has 0 radical (unpaired) electrons. The summed E-state index contributed by atoms with van der Waals surface area (Å²) in [5.74, 6) is 0.827. The molecule has 3 aliphatic heterocycles. The van der Waals surface area contributed by atoms with Crippen LogP contribution in [0.25, 0.3) is 33.3 Å². The molecule has 1 aromatic carbocycles. The van der Waals surface area contributed by atoms with E-state index in [1.165, 1.54) is 36.7 Å². The van der Waals surface area contributed by atoms with Gasteiger partial charge in [0.05, 0.1) is 40.6 Å². The second-order valence-corrected chi connectivity index (χ2v) is 17.3. The van der Waals surface area contributed by atoms with Crippen LogP contribution in [0.5, 0.6) is 5.88 Å². The van der Waals surface area contributed by atoms with Crippen LogP contribution < -0.4 is 25.5 Å². The molecule has 2 N–H and O–H groups in total. The molecule has 2 amide bonds. The highest BCUT2D eigenvalue weighted by Gasteiger charge is 2.32. The number of pyridine rings is 1. The fraction of sp³-hybridized carbons (Fsp3) is 0.558. The first-order chi connectivity index (χ1) is 28.4. The lowest BCUT2D eigenvalue weighted by Gasteiger charge is -2.36. The zero-order chi connectivity index (χ0) is 41.3. The number of hydrogen-bond donors (Lipinski definition) is 2. The highest BCUT2D eigenvalue weighted by Crippen LogP contribution is 2.32. The van der Waals surface area contributed by atoms with Crippen LogP contribution in [-0.4, -0.2) is 115 Å². The van der Waals surface area contributed by atoms with Crippen LogP contribution in [-0.2, 0) is 21.4 Å². The Morgan fingerprint density at radius 3 is 2.25 bits per heavy atom. The van der Waals surface area contributed by atoms with E-state index in [2.05, 4.69) is 52.2 Å². The minimum atomic E-state index is -0.651. The Bertz CT molecular complexity index is 2340. The van der Waals surface area contributed by atoms with Crippen LogP contribution in [0.1, 0.15) is 84.6 Å². The number of amides is 2. The summed E-state index contributed by atoms with van der Waals surface area (Å²) in [7, 11) is 3.88. The van der Waals surface area contributed by atoms with E-state index >= 15 is 0 Å². The number of aryl methyl sites for hydroxylation is 1. The average molecular weight is 808 g/mol. The molecule has 1 atom stereocenters. The number of fused-ring (bicyclic) bond motifs is 2. The summed E-state index contributed by atoms with van der Waals surface area (Å²) in [6.45, 7) is 11.9. The van der Waals surface area contributed by atoms with E-state index in [0.29, 0.717) is 24.5 Å². The van der Waals surface area contributed by atoms with Crippen molar-refractivity contribution in [3.05, 3.63) is 53.3 Å². The molecule has 16 nitrogen and oxygen atoms in total. The summed E-state index contributed by atoms with van der Waals surface area (Å²) in [6, 6.07) is 9.28. The number of H-pyrrole nitrogens is 1. The number of ether oxygens (including phenoxy) is 2. The first-order valence-corrected chi connectivity index (χ1v) is 21.1. The van der Waals surface area contributed by atoms with Gasteiger partial charge in [-0.05, 0) is 78.1 Å². The number of hydrogen-bond acceptors (Lipinski definition) is 12. The summed E-state index contributed by atoms with van der Waals surface area (Å²) < 4.78 is 15.4. The number of imide groups is 1. The number of aromatic nitrogens is 7. The van der Waals surface area contributed by atoms with Crippen LogP contribution in [0.4, 0.5) is 11.5 Å². The Hall–Kier alpha value is -5.35. The van der Waals surface area contributed by atoms with Crippen molar-refractivity contribution in [1.82, 2.24) is 44.5 Å². The number of rotatable bonds is 7. The Morgan fingerprint density at radius 1 is 0.780 bits per heavy atom. The standard InChI is InChI=1S/C24H32N4O4.C19H25N7O/c1-26-21-15-16(27-13-11-18(12-14-27)32-17-5-3-2-4-6-17)7-8-19(21)28(24(26)31)20-9-10-22(29)25-23(20)30;1-19(2,3)27-17-9-13-15(11-20-17)23-24-18(13)14-10-16(22-12-21-14)26-7-5-25(4)6-8-26/h7-8,15,17-18,20H,2-6,9-14H2,1H3,(H,25,29,30);9-12H,5-8H2,1-4H3,(H,23,24). The number of likely N-dealkylation sites (N-methyl/N-ethyl adjacent to an activating group) is 1. The molecule has 7 heterocycles. The van der Waals surface area contributed by atoms with Gasteiger partial charge in [0.15, 0.2) is 0 Å². The number of nitrogens with one attached hydrogen (secondary N) is 2. The number of benzene rings is 1. The van der Waals surface area contributed by atoms with E-state index < -0.39 is 11.9 Å². The lowest BCUT2D eigenvalue weighted by Crippen LogP contribution is -2.44. The molecule has 314 valence electrons. The maximum Gasteiger partial charge on any atom is 0.329 e. The van der Waals surface area contributed by atoms with Crippen molar-refractivity contribution in [2.24, 2.45) is 7.05 Å². The van der Waals surface area contributed by atoms with Gasteiger partial charge in [-0.2, -0.15) is 5.10 Å². The molecule has 59 heavy (non-hydrogen) atoms. The molecular weight excluding hydrogens is 751 g/mol. The molecule has 0 bridgehead atoms. The first kappa shape index (κ1) is 40.4. The Labute approximate surface area is 344 Å². The van der Waals surface area contributed by atoms with Crippen LogP contribution in [0, 0.1) is 0 Å². The number of nitrogens with zero attached hydrogens (tertiary/aromatic N) is 9. The predicted molar refractivity (Wildman–Crippen MR) is 227 cm³/mol. The van der Waals surface area contributed by atoms with Gasteiger partial charge >= 0.3 is 5.69 Å².